The van der Waals surface area contributed by atoms with Gasteiger partial charge >= 0.3 is 24.1 Å². The molecule has 0 aliphatic heterocycles. The number of esters is 2. The molecule has 3 N–H and O–H groups in total. The molecule has 0 radical (unpaired) electrons. The van der Waals surface area contributed by atoms with Crippen LogP contribution in [0, 0.1) is 23.7 Å². The van der Waals surface area contributed by atoms with Crippen molar-refractivity contribution in [3.8, 4) is 11.5 Å². The van der Waals surface area contributed by atoms with E-state index in [9.17, 15) is 24.3 Å². The Hall–Kier alpha value is -3.14. The van der Waals surface area contributed by atoms with Crippen molar-refractivity contribution in [3.05, 3.63) is 23.8 Å². The van der Waals surface area contributed by atoms with Crippen LogP contribution in [0.2, 0.25) is 0 Å². The van der Waals surface area contributed by atoms with Gasteiger partial charge in [0.2, 0.25) is 0 Å². The fourth-order valence-electron chi connectivity index (χ4n) is 3.21. The molecule has 208 valence electrons. The molecule has 1 aromatic carbocycles. The average molecular weight is 524 g/mol. The van der Waals surface area contributed by atoms with Crippen LogP contribution in [0.5, 0.6) is 11.5 Å². The van der Waals surface area contributed by atoms with Gasteiger partial charge in [0, 0.05) is 11.8 Å². The molecule has 0 aliphatic rings. The van der Waals surface area contributed by atoms with Crippen LogP contribution >= 0.6 is 0 Å². The van der Waals surface area contributed by atoms with Gasteiger partial charge in [0.05, 0.1) is 11.8 Å². The molecular formula is C27H41NO9. The first-order chi connectivity index (χ1) is 17.1. The zero-order valence-electron chi connectivity index (χ0n) is 23.1. The van der Waals surface area contributed by atoms with Crippen LogP contribution in [0.25, 0.3) is 0 Å². The molecular weight excluding hydrogens is 482 g/mol. The third-order valence-corrected chi connectivity index (χ3v) is 6.20. The van der Waals surface area contributed by atoms with E-state index < -0.39 is 59.9 Å². The first-order valence-electron chi connectivity index (χ1n) is 12.5. The maximum atomic E-state index is 12.4. The monoisotopic (exact) mass is 523 g/mol. The van der Waals surface area contributed by atoms with Crippen molar-refractivity contribution in [2.45, 2.75) is 86.5 Å². The molecule has 0 heterocycles. The maximum Gasteiger partial charge on any atom is 0.508 e. The molecule has 10 heteroatoms. The largest absolute Gasteiger partial charge is 0.508 e. The number of carboxylic acid groups (broad SMARTS) is 1. The van der Waals surface area contributed by atoms with Crippen LogP contribution in [0.1, 0.15) is 73.8 Å². The van der Waals surface area contributed by atoms with E-state index in [1.165, 1.54) is 12.1 Å². The van der Waals surface area contributed by atoms with Gasteiger partial charge in [-0.2, -0.15) is 0 Å². The molecule has 0 saturated heterocycles. The fourth-order valence-corrected chi connectivity index (χ4v) is 3.21. The van der Waals surface area contributed by atoms with E-state index in [1.807, 2.05) is 13.8 Å². The van der Waals surface area contributed by atoms with Gasteiger partial charge in [0.25, 0.3) is 0 Å². The van der Waals surface area contributed by atoms with Crippen molar-refractivity contribution >= 4 is 24.1 Å². The first-order valence-corrected chi connectivity index (χ1v) is 12.5. The average Bonchev–Trinajstić information content (AvgIpc) is 2.79. The highest BCUT2D eigenvalue weighted by atomic mass is 16.7. The van der Waals surface area contributed by atoms with Crippen molar-refractivity contribution in [1.29, 1.82) is 0 Å². The summed E-state index contributed by atoms with van der Waals surface area (Å²) >= 11 is 0. The van der Waals surface area contributed by atoms with E-state index in [4.69, 9.17) is 24.7 Å². The maximum absolute atomic E-state index is 12.4. The number of carboxylic acids is 1. The Morgan fingerprint density at radius 2 is 1.24 bits per heavy atom. The molecule has 37 heavy (non-hydrogen) atoms. The Bertz CT molecular complexity index is 957. The van der Waals surface area contributed by atoms with Crippen molar-refractivity contribution in [2.24, 2.45) is 29.4 Å². The lowest BCUT2D eigenvalue weighted by molar-refractivity contribution is -0.140. The number of benzene rings is 1. The summed E-state index contributed by atoms with van der Waals surface area (Å²) in [6.45, 7) is 15.5. The van der Waals surface area contributed by atoms with E-state index in [0.717, 1.165) is 0 Å². The van der Waals surface area contributed by atoms with Crippen LogP contribution in [0.3, 0.4) is 0 Å². The van der Waals surface area contributed by atoms with E-state index in [1.54, 1.807) is 54.5 Å². The Morgan fingerprint density at radius 3 is 1.70 bits per heavy atom. The molecule has 1 aromatic rings. The summed E-state index contributed by atoms with van der Waals surface area (Å²) in [4.78, 5) is 48.7. The molecule has 1 rings (SSSR count). The van der Waals surface area contributed by atoms with Gasteiger partial charge < -0.3 is 29.8 Å². The van der Waals surface area contributed by atoms with E-state index in [2.05, 4.69) is 0 Å². The summed E-state index contributed by atoms with van der Waals surface area (Å²) in [6, 6.07) is 3.02. The Labute approximate surface area is 218 Å². The third-order valence-electron chi connectivity index (χ3n) is 6.20. The van der Waals surface area contributed by atoms with Crippen molar-refractivity contribution in [2.75, 3.05) is 0 Å². The van der Waals surface area contributed by atoms with Gasteiger partial charge in [-0.15, -0.1) is 0 Å². The third kappa shape index (κ3) is 9.35. The number of ether oxygens (including phenoxy) is 4. The van der Waals surface area contributed by atoms with Crippen LogP contribution in [-0.2, 0) is 23.9 Å². The highest BCUT2D eigenvalue weighted by Crippen LogP contribution is 2.37. The topological polar surface area (TPSA) is 151 Å². The molecule has 0 spiro atoms. The minimum absolute atomic E-state index is 0.0160. The Morgan fingerprint density at radius 1 is 0.757 bits per heavy atom. The van der Waals surface area contributed by atoms with Gasteiger partial charge in [-0.25, -0.2) is 4.79 Å². The number of hydrogen-bond acceptors (Lipinski definition) is 9. The van der Waals surface area contributed by atoms with Crippen LogP contribution in [0.15, 0.2) is 18.2 Å². The summed E-state index contributed by atoms with van der Waals surface area (Å²) in [5.41, 5.74) is 6.48. The highest BCUT2D eigenvalue weighted by Gasteiger charge is 2.36. The molecule has 0 aromatic heterocycles. The molecule has 0 amide bonds. The summed E-state index contributed by atoms with van der Waals surface area (Å²) in [5, 5.41) is 9.72. The minimum atomic E-state index is -1.38. The molecule has 0 bridgehead atoms. The quantitative estimate of drug-likeness (QED) is 0.295. The van der Waals surface area contributed by atoms with Crippen molar-refractivity contribution < 1.29 is 43.2 Å². The lowest BCUT2D eigenvalue weighted by atomic mass is 9.79. The second kappa shape index (κ2) is 14.0. The SMILES string of the molecule is CC(C)C(=O)Oc1ccc(C(C(C)C(C)OC(=O)OC(C)C(C)C)[C@H](N)C(=O)O)cc1OC(=O)C(C)C. The minimum Gasteiger partial charge on any atom is -0.480 e. The van der Waals surface area contributed by atoms with E-state index >= 15 is 0 Å². The highest BCUT2D eigenvalue weighted by molar-refractivity contribution is 5.78. The molecule has 0 aliphatic carbocycles. The predicted octanol–water partition coefficient (Wildman–Crippen LogP) is 4.53. The van der Waals surface area contributed by atoms with Gasteiger partial charge in [-0.05, 0) is 37.5 Å². The number of nitrogens with two attached hydrogens (primary N) is 1. The van der Waals surface area contributed by atoms with Crippen LogP contribution in [0.4, 0.5) is 4.79 Å². The van der Waals surface area contributed by atoms with Crippen molar-refractivity contribution in [1.82, 2.24) is 0 Å². The number of carbonyl (C=O) groups is 4. The van der Waals surface area contributed by atoms with Gasteiger partial charge in [-0.1, -0.05) is 54.5 Å². The molecule has 10 nitrogen and oxygen atoms in total. The number of carbonyl (C=O) groups excluding carboxylic acids is 3. The van der Waals surface area contributed by atoms with Crippen LogP contribution < -0.4 is 15.2 Å². The van der Waals surface area contributed by atoms with Gasteiger partial charge in [0.1, 0.15) is 18.2 Å². The van der Waals surface area contributed by atoms with Gasteiger partial charge in [0.15, 0.2) is 11.5 Å². The summed E-state index contributed by atoms with van der Waals surface area (Å²) < 4.78 is 21.6. The zero-order chi connectivity index (χ0) is 28.6. The number of aliphatic carboxylic acids is 1. The summed E-state index contributed by atoms with van der Waals surface area (Å²) in [5.74, 6) is -4.66. The second-order valence-electron chi connectivity index (χ2n) is 10.2. The van der Waals surface area contributed by atoms with Gasteiger partial charge in [-0.3, -0.25) is 14.4 Å². The lowest BCUT2D eigenvalue weighted by Crippen LogP contribution is -2.43. The molecule has 5 atom stereocenters. The lowest BCUT2D eigenvalue weighted by Gasteiger charge is -2.32. The van der Waals surface area contributed by atoms with Crippen LogP contribution in [-0.4, -0.2) is 47.4 Å². The zero-order valence-corrected chi connectivity index (χ0v) is 23.1. The van der Waals surface area contributed by atoms with E-state index in [-0.39, 0.29) is 23.5 Å². The molecule has 0 saturated carbocycles. The summed E-state index contributed by atoms with van der Waals surface area (Å²) in [6.07, 6.45) is -2.01. The molecule has 4 unspecified atom stereocenters. The standard InChI is InChI=1S/C27H41NO9/c1-13(2)17(8)34-27(33)35-18(9)16(7)22(23(28)24(29)30)19-10-11-20(36-25(31)14(3)4)21(12-19)37-26(32)15(5)6/h10-18,22-23H,28H2,1-9H3,(H,29,30)/t16?,17?,18?,22?,23-/m0/s1. The smallest absolute Gasteiger partial charge is 0.480 e. The number of hydrogen-bond donors (Lipinski definition) is 2. The van der Waals surface area contributed by atoms with Crippen molar-refractivity contribution in [3.63, 3.8) is 0 Å². The predicted molar refractivity (Wildman–Crippen MR) is 136 cm³/mol. The Balaban J connectivity index is 3.41. The molecule has 0 fully saturated rings. The normalized spacial score (nSPS) is 15.5. The Kier molecular flexibility index (Phi) is 12.0. The second-order valence-corrected chi connectivity index (χ2v) is 10.2. The van der Waals surface area contributed by atoms with E-state index in [0.29, 0.717) is 5.56 Å². The fraction of sp³-hybridized carbons (Fsp3) is 0.630. The number of rotatable bonds is 12. The first kappa shape index (κ1) is 31.9. The summed E-state index contributed by atoms with van der Waals surface area (Å²) in [7, 11) is 0.